The molecule has 5 heteroatoms. The number of hydrogen-bond acceptors (Lipinski definition) is 4. The number of benzene rings is 1. The van der Waals surface area contributed by atoms with Crippen LogP contribution in [-0.2, 0) is 0 Å². The number of rotatable bonds is 2. The number of nitrogens with zero attached hydrogens (tertiary/aromatic N) is 2. The largest absolute Gasteiger partial charge is 0.507 e. The van der Waals surface area contributed by atoms with Crippen molar-refractivity contribution in [2.45, 2.75) is 38.0 Å². The maximum Gasteiger partial charge on any atom is 0.261 e. The Morgan fingerprint density at radius 3 is 2.74 bits per heavy atom. The summed E-state index contributed by atoms with van der Waals surface area (Å²) in [6.45, 7) is 0. The lowest BCUT2D eigenvalue weighted by molar-refractivity contribution is 0.384. The molecule has 0 bridgehead atoms. The second-order valence-electron chi connectivity index (χ2n) is 4.95. The molecule has 0 aliphatic heterocycles. The summed E-state index contributed by atoms with van der Waals surface area (Å²) in [5, 5.41) is 13.7. The molecule has 0 radical (unpaired) electrons. The smallest absolute Gasteiger partial charge is 0.261 e. The number of hydrogen-bond donors (Lipinski definition) is 1. The summed E-state index contributed by atoms with van der Waals surface area (Å²) in [4.78, 5) is 4.33. The summed E-state index contributed by atoms with van der Waals surface area (Å²) in [5.41, 5.74) is 0.371. The van der Waals surface area contributed by atoms with Crippen molar-refractivity contribution in [3.8, 4) is 17.2 Å². The Labute approximate surface area is 110 Å². The van der Waals surface area contributed by atoms with Crippen LogP contribution in [0.3, 0.4) is 0 Å². The van der Waals surface area contributed by atoms with Crippen molar-refractivity contribution in [2.24, 2.45) is 0 Å². The van der Waals surface area contributed by atoms with Gasteiger partial charge in [0.25, 0.3) is 5.89 Å². The van der Waals surface area contributed by atoms with E-state index in [4.69, 9.17) is 4.52 Å². The van der Waals surface area contributed by atoms with Gasteiger partial charge in [-0.05, 0) is 25.0 Å². The molecule has 0 amide bonds. The van der Waals surface area contributed by atoms with Crippen LogP contribution in [0.4, 0.5) is 4.39 Å². The number of halogens is 1. The van der Waals surface area contributed by atoms with Crippen LogP contribution in [0.5, 0.6) is 5.75 Å². The zero-order valence-electron chi connectivity index (χ0n) is 10.5. The summed E-state index contributed by atoms with van der Waals surface area (Å²) in [6, 6.07) is 3.75. The van der Waals surface area contributed by atoms with Gasteiger partial charge in [0.05, 0.1) is 5.56 Å². The first-order valence-electron chi connectivity index (χ1n) is 6.56. The average molecular weight is 262 g/mol. The minimum absolute atomic E-state index is 0.182. The molecule has 100 valence electrons. The van der Waals surface area contributed by atoms with Gasteiger partial charge in [0.2, 0.25) is 0 Å². The third kappa shape index (κ3) is 2.45. The second-order valence-corrected chi connectivity index (χ2v) is 4.95. The molecule has 1 N–H and O–H groups in total. The first-order valence-corrected chi connectivity index (χ1v) is 6.56. The van der Waals surface area contributed by atoms with E-state index in [1.165, 1.54) is 31.4 Å². The summed E-state index contributed by atoms with van der Waals surface area (Å²) in [5.74, 6) is 0.609. The maximum atomic E-state index is 12.9. The van der Waals surface area contributed by atoms with Crippen molar-refractivity contribution in [1.29, 1.82) is 0 Å². The minimum Gasteiger partial charge on any atom is -0.507 e. The Hall–Kier alpha value is -1.91. The molecule has 4 nitrogen and oxygen atoms in total. The molecule has 0 atom stereocenters. The number of phenolic OH excluding ortho intramolecular Hbond substituents is 1. The fourth-order valence-corrected chi connectivity index (χ4v) is 2.56. The van der Waals surface area contributed by atoms with E-state index in [-0.39, 0.29) is 11.6 Å². The highest BCUT2D eigenvalue weighted by molar-refractivity contribution is 5.61. The van der Waals surface area contributed by atoms with Crippen LogP contribution in [-0.4, -0.2) is 15.2 Å². The molecule has 1 aliphatic carbocycles. The molecular formula is C14H15FN2O2. The van der Waals surface area contributed by atoms with Gasteiger partial charge in [-0.15, -0.1) is 0 Å². The number of aromatic nitrogens is 2. The molecule has 1 fully saturated rings. The number of phenols is 1. The van der Waals surface area contributed by atoms with E-state index in [1.54, 1.807) is 0 Å². The standard InChI is InChI=1S/C14H15FN2O2/c15-10-6-7-11(12(18)8-10)14-16-13(17-19-14)9-4-2-1-3-5-9/h6-9,18H,1-5H2. The van der Waals surface area contributed by atoms with Gasteiger partial charge in [0.1, 0.15) is 11.6 Å². The number of aromatic hydroxyl groups is 1. The summed E-state index contributed by atoms with van der Waals surface area (Å²) in [6.07, 6.45) is 5.80. The monoisotopic (exact) mass is 262 g/mol. The van der Waals surface area contributed by atoms with E-state index in [2.05, 4.69) is 10.1 Å². The lowest BCUT2D eigenvalue weighted by Gasteiger charge is -2.17. The lowest BCUT2D eigenvalue weighted by atomic mass is 9.89. The molecule has 0 saturated heterocycles. The van der Waals surface area contributed by atoms with E-state index in [0.29, 0.717) is 17.3 Å². The SMILES string of the molecule is Oc1cc(F)ccc1-c1nc(C2CCCCC2)no1. The predicted octanol–water partition coefficient (Wildman–Crippen LogP) is 3.63. The molecule has 1 saturated carbocycles. The van der Waals surface area contributed by atoms with Gasteiger partial charge in [0.15, 0.2) is 5.82 Å². The Morgan fingerprint density at radius 2 is 2.00 bits per heavy atom. The summed E-state index contributed by atoms with van der Waals surface area (Å²) < 4.78 is 18.1. The van der Waals surface area contributed by atoms with Crippen LogP contribution in [0.1, 0.15) is 43.8 Å². The Balaban J connectivity index is 1.87. The van der Waals surface area contributed by atoms with Gasteiger partial charge >= 0.3 is 0 Å². The lowest BCUT2D eigenvalue weighted by Crippen LogP contribution is -2.06. The first-order chi connectivity index (χ1) is 9.24. The van der Waals surface area contributed by atoms with Crippen molar-refractivity contribution < 1.29 is 14.0 Å². The normalized spacial score (nSPS) is 16.7. The quantitative estimate of drug-likeness (QED) is 0.897. The van der Waals surface area contributed by atoms with Crippen molar-refractivity contribution >= 4 is 0 Å². The Morgan fingerprint density at radius 1 is 1.21 bits per heavy atom. The van der Waals surface area contributed by atoms with Crippen LogP contribution in [0.15, 0.2) is 22.7 Å². The van der Waals surface area contributed by atoms with Gasteiger partial charge in [-0.25, -0.2) is 4.39 Å². The molecule has 1 heterocycles. The van der Waals surface area contributed by atoms with Gasteiger partial charge in [-0.1, -0.05) is 24.4 Å². The molecule has 3 rings (SSSR count). The predicted molar refractivity (Wildman–Crippen MR) is 67.2 cm³/mol. The van der Waals surface area contributed by atoms with Crippen LogP contribution < -0.4 is 0 Å². The van der Waals surface area contributed by atoms with E-state index in [0.717, 1.165) is 18.9 Å². The average Bonchev–Trinajstić information content (AvgIpc) is 2.89. The third-order valence-electron chi connectivity index (χ3n) is 3.60. The van der Waals surface area contributed by atoms with Crippen LogP contribution in [0.2, 0.25) is 0 Å². The zero-order chi connectivity index (χ0) is 13.2. The first kappa shape index (κ1) is 12.1. The highest BCUT2D eigenvalue weighted by atomic mass is 19.1. The maximum absolute atomic E-state index is 12.9. The minimum atomic E-state index is -0.492. The van der Waals surface area contributed by atoms with Crippen LogP contribution in [0.25, 0.3) is 11.5 Å². The molecule has 1 aromatic carbocycles. The molecule has 0 unspecified atom stereocenters. The molecule has 1 aliphatic rings. The van der Waals surface area contributed by atoms with Gasteiger partial charge in [-0.3, -0.25) is 0 Å². The second kappa shape index (κ2) is 4.99. The van der Waals surface area contributed by atoms with Crippen LogP contribution >= 0.6 is 0 Å². The van der Waals surface area contributed by atoms with E-state index >= 15 is 0 Å². The topological polar surface area (TPSA) is 59.2 Å². The Kier molecular flexibility index (Phi) is 3.19. The third-order valence-corrected chi connectivity index (χ3v) is 3.60. The Bertz CT molecular complexity index is 577. The summed E-state index contributed by atoms with van der Waals surface area (Å²) in [7, 11) is 0. The van der Waals surface area contributed by atoms with Crippen molar-refractivity contribution in [3.63, 3.8) is 0 Å². The van der Waals surface area contributed by atoms with Gasteiger partial charge < -0.3 is 9.63 Å². The van der Waals surface area contributed by atoms with Crippen molar-refractivity contribution in [3.05, 3.63) is 29.8 Å². The van der Waals surface area contributed by atoms with E-state index in [1.807, 2.05) is 0 Å². The molecule has 0 spiro atoms. The zero-order valence-corrected chi connectivity index (χ0v) is 10.5. The summed E-state index contributed by atoms with van der Waals surface area (Å²) >= 11 is 0. The molecule has 2 aromatic rings. The fourth-order valence-electron chi connectivity index (χ4n) is 2.56. The van der Waals surface area contributed by atoms with Gasteiger partial charge in [0, 0.05) is 12.0 Å². The van der Waals surface area contributed by atoms with Crippen molar-refractivity contribution in [1.82, 2.24) is 10.1 Å². The van der Waals surface area contributed by atoms with E-state index in [9.17, 15) is 9.50 Å². The highest BCUT2D eigenvalue weighted by Crippen LogP contribution is 2.33. The van der Waals surface area contributed by atoms with Gasteiger partial charge in [-0.2, -0.15) is 4.98 Å². The van der Waals surface area contributed by atoms with Crippen molar-refractivity contribution in [2.75, 3.05) is 0 Å². The van der Waals surface area contributed by atoms with E-state index < -0.39 is 5.82 Å². The highest BCUT2D eigenvalue weighted by Gasteiger charge is 2.22. The molecule has 1 aromatic heterocycles. The molecular weight excluding hydrogens is 247 g/mol. The van der Waals surface area contributed by atoms with Crippen LogP contribution in [0, 0.1) is 5.82 Å². The molecule has 19 heavy (non-hydrogen) atoms. The fraction of sp³-hybridized carbons (Fsp3) is 0.429.